The average molecular weight is 601 g/mol. The predicted octanol–water partition coefficient (Wildman–Crippen LogP) is 5.75. The first-order valence-corrected chi connectivity index (χ1v) is 14.0. The summed E-state index contributed by atoms with van der Waals surface area (Å²) in [5, 5.41) is -13.6. The molecule has 0 heterocycles. The van der Waals surface area contributed by atoms with Gasteiger partial charge >= 0.3 is 42.6 Å². The molecule has 1 aromatic rings. The van der Waals surface area contributed by atoms with Crippen molar-refractivity contribution in [3.05, 3.63) is 29.8 Å². The Bertz CT molecular complexity index is 1210. The minimum Gasteiger partial charge on any atom is -0.460 e. The van der Waals surface area contributed by atoms with Crippen LogP contribution in [0.4, 0.5) is 26.3 Å². The highest BCUT2D eigenvalue weighted by Gasteiger charge is 2.83. The van der Waals surface area contributed by atoms with Gasteiger partial charge in [0.05, 0.1) is 5.41 Å². The Kier molecular flexibility index (Phi) is 9.68. The Morgan fingerprint density at radius 1 is 0.921 bits per heavy atom. The number of alkyl halides is 6. The van der Waals surface area contributed by atoms with Crippen molar-refractivity contribution in [1.82, 2.24) is 0 Å². The van der Waals surface area contributed by atoms with Gasteiger partial charge in [0.25, 0.3) is 0 Å². The van der Waals surface area contributed by atoms with E-state index in [1.165, 1.54) is 12.1 Å². The van der Waals surface area contributed by atoms with E-state index in [-0.39, 0.29) is 5.92 Å². The zero-order valence-electron chi connectivity index (χ0n) is 21.4. The molecule has 1 rings (SSSR count). The van der Waals surface area contributed by atoms with Gasteiger partial charge in [-0.15, -0.1) is 0 Å². The van der Waals surface area contributed by atoms with E-state index in [1.54, 1.807) is 34.6 Å². The van der Waals surface area contributed by atoms with Crippen LogP contribution in [0.3, 0.4) is 0 Å². The van der Waals surface area contributed by atoms with Crippen LogP contribution >= 0.6 is 0 Å². The summed E-state index contributed by atoms with van der Waals surface area (Å²) in [6.07, 6.45) is 1.28. The van der Waals surface area contributed by atoms with Crippen molar-refractivity contribution in [1.29, 1.82) is 0 Å². The Morgan fingerprint density at radius 2 is 1.39 bits per heavy atom. The van der Waals surface area contributed by atoms with Gasteiger partial charge in [-0.3, -0.25) is 9.35 Å². The van der Waals surface area contributed by atoms with Crippen LogP contribution in [0.2, 0.25) is 0 Å². The van der Waals surface area contributed by atoms with Crippen molar-refractivity contribution in [2.75, 3.05) is 0 Å². The summed E-state index contributed by atoms with van der Waals surface area (Å²) in [5.74, 6) is -8.72. The summed E-state index contributed by atoms with van der Waals surface area (Å²) in [7, 11) is -14.0. The molecule has 0 fully saturated rings. The maximum atomic E-state index is 14.0. The molecule has 8 nitrogen and oxygen atoms in total. The van der Waals surface area contributed by atoms with Gasteiger partial charge in [0.15, 0.2) is 0 Å². The molecule has 220 valence electrons. The van der Waals surface area contributed by atoms with E-state index in [2.05, 4.69) is 4.18 Å². The third-order valence-electron chi connectivity index (χ3n) is 5.83. The maximum absolute atomic E-state index is 14.0. The number of esters is 1. The van der Waals surface area contributed by atoms with Gasteiger partial charge in [-0.2, -0.15) is 43.2 Å². The number of carbonyl (C=O) groups is 1. The summed E-state index contributed by atoms with van der Waals surface area (Å²) < 4.78 is 144. The third-order valence-corrected chi connectivity index (χ3v) is 8.03. The number of carbonyl (C=O) groups excluding carboxylic acids is 1. The molecule has 0 aromatic heterocycles. The van der Waals surface area contributed by atoms with Crippen LogP contribution in [0.25, 0.3) is 0 Å². The minimum atomic E-state index is -7.14. The molecule has 0 aliphatic rings. The zero-order chi connectivity index (χ0) is 30.2. The van der Waals surface area contributed by atoms with E-state index < -0.39 is 59.4 Å². The fourth-order valence-corrected chi connectivity index (χ4v) is 4.47. The van der Waals surface area contributed by atoms with E-state index in [4.69, 9.17) is 9.29 Å². The first-order chi connectivity index (χ1) is 16.8. The molecule has 0 bridgehead atoms. The second-order valence-corrected chi connectivity index (χ2v) is 13.1. The van der Waals surface area contributed by atoms with Crippen LogP contribution in [-0.4, -0.2) is 49.4 Å². The lowest BCUT2D eigenvalue weighted by Crippen LogP contribution is -2.61. The van der Waals surface area contributed by atoms with E-state index in [0.717, 1.165) is 12.1 Å². The molecule has 2 unspecified atom stereocenters. The van der Waals surface area contributed by atoms with Crippen molar-refractivity contribution < 1.29 is 61.4 Å². The Hall–Kier alpha value is -2.07. The first kappa shape index (κ1) is 34.0. The molecule has 38 heavy (non-hydrogen) atoms. The van der Waals surface area contributed by atoms with Crippen molar-refractivity contribution in [3.63, 3.8) is 0 Å². The smallest absolute Gasteiger partial charge is 0.450 e. The van der Waals surface area contributed by atoms with Gasteiger partial charge in [0.2, 0.25) is 0 Å². The van der Waals surface area contributed by atoms with E-state index >= 15 is 0 Å². The lowest BCUT2D eigenvalue weighted by atomic mass is 9.79. The molecule has 0 amide bonds. The quantitative estimate of drug-likeness (QED) is 0.139. The monoisotopic (exact) mass is 600 g/mol. The SMILES string of the molecule is CCC(C)(CCC(C)c1ccc(OS(=O)(=O)C(F)(F)C(F)(F)C(F)(F)S(=O)(=O)O)cc1)C(=O)OC(C)(C)C. The molecule has 0 aliphatic heterocycles. The van der Waals surface area contributed by atoms with Crippen molar-refractivity contribution in [2.24, 2.45) is 5.41 Å². The summed E-state index contributed by atoms with van der Waals surface area (Å²) in [6, 6.07) is 4.00. The maximum Gasteiger partial charge on any atom is 0.450 e. The molecule has 2 atom stereocenters. The van der Waals surface area contributed by atoms with Gasteiger partial charge in [-0.1, -0.05) is 26.0 Å². The normalized spacial score (nSPS) is 16.4. The van der Waals surface area contributed by atoms with Gasteiger partial charge in [-0.25, -0.2) is 0 Å². The molecule has 1 aromatic carbocycles. The minimum absolute atomic E-state index is 0.270. The van der Waals surface area contributed by atoms with Gasteiger partial charge < -0.3 is 8.92 Å². The van der Waals surface area contributed by atoms with Crippen LogP contribution in [0.5, 0.6) is 5.75 Å². The Morgan fingerprint density at radius 3 is 1.79 bits per heavy atom. The summed E-state index contributed by atoms with van der Waals surface area (Å²) in [5.41, 5.74) is -1.01. The second kappa shape index (κ2) is 10.8. The molecule has 0 saturated heterocycles. The van der Waals surface area contributed by atoms with Crippen LogP contribution in [0, 0.1) is 5.41 Å². The molecule has 1 N–H and O–H groups in total. The summed E-state index contributed by atoms with van der Waals surface area (Å²) >= 11 is 0. The number of halogens is 6. The molecular formula is C22H30F6O8S2. The van der Waals surface area contributed by atoms with Crippen LogP contribution in [0.1, 0.15) is 72.3 Å². The van der Waals surface area contributed by atoms with Crippen LogP contribution in [-0.2, 0) is 29.8 Å². The van der Waals surface area contributed by atoms with Gasteiger partial charge in [0.1, 0.15) is 11.4 Å². The van der Waals surface area contributed by atoms with E-state index in [1.807, 2.05) is 6.92 Å². The molecule has 0 spiro atoms. The summed E-state index contributed by atoms with van der Waals surface area (Å²) in [6.45, 7) is 10.5. The Balaban J connectivity index is 3.07. The largest absolute Gasteiger partial charge is 0.460 e. The zero-order valence-corrected chi connectivity index (χ0v) is 23.0. The fraction of sp³-hybridized carbons (Fsp3) is 0.682. The lowest BCUT2D eigenvalue weighted by Gasteiger charge is -2.31. The van der Waals surface area contributed by atoms with Crippen molar-refractivity contribution in [3.8, 4) is 5.75 Å². The number of ether oxygens (including phenoxy) is 1. The Labute approximate surface area is 217 Å². The second-order valence-electron chi connectivity index (χ2n) is 10.0. The van der Waals surface area contributed by atoms with Crippen molar-refractivity contribution in [2.45, 2.75) is 88.8 Å². The molecule has 0 saturated carbocycles. The fourth-order valence-electron chi connectivity index (χ4n) is 3.05. The summed E-state index contributed by atoms with van der Waals surface area (Å²) in [4.78, 5) is 12.6. The van der Waals surface area contributed by atoms with Gasteiger partial charge in [-0.05, 0) is 70.6 Å². The standard InChI is InChI=1S/C22H30F6O8S2/c1-7-19(6,17(29)35-18(3,4)5)13-12-14(2)15-8-10-16(11-9-15)36-38(33,34)22(27,28)20(23,24)21(25,26)37(30,31)32/h8-11,14H,7,12-13H2,1-6H3,(H,30,31,32). The molecular weight excluding hydrogens is 570 g/mol. The highest BCUT2D eigenvalue weighted by Crippen LogP contribution is 2.51. The number of rotatable bonds is 12. The predicted molar refractivity (Wildman–Crippen MR) is 124 cm³/mol. The molecule has 16 heteroatoms. The van der Waals surface area contributed by atoms with Gasteiger partial charge in [0, 0.05) is 0 Å². The van der Waals surface area contributed by atoms with Crippen molar-refractivity contribution >= 4 is 26.2 Å². The highest BCUT2D eigenvalue weighted by atomic mass is 32.2. The highest BCUT2D eigenvalue weighted by molar-refractivity contribution is 7.88. The topological polar surface area (TPSA) is 124 Å². The van der Waals surface area contributed by atoms with Crippen LogP contribution in [0.15, 0.2) is 24.3 Å². The number of hydrogen-bond acceptors (Lipinski definition) is 7. The number of benzene rings is 1. The van der Waals surface area contributed by atoms with E-state index in [9.17, 15) is 48.0 Å². The molecule has 0 radical (unpaired) electrons. The average Bonchev–Trinajstić information content (AvgIpc) is 2.75. The molecule has 0 aliphatic carbocycles. The number of hydrogen-bond donors (Lipinski definition) is 1. The third kappa shape index (κ3) is 6.92. The van der Waals surface area contributed by atoms with E-state index in [0.29, 0.717) is 24.8 Å². The van der Waals surface area contributed by atoms with Crippen LogP contribution < -0.4 is 4.18 Å². The first-order valence-electron chi connectivity index (χ1n) is 11.1. The lowest BCUT2D eigenvalue weighted by molar-refractivity contribution is -0.247.